The predicted molar refractivity (Wildman–Crippen MR) is 230 cm³/mol. The summed E-state index contributed by atoms with van der Waals surface area (Å²) >= 11 is 0. The Bertz CT molecular complexity index is 2750. The van der Waals surface area contributed by atoms with E-state index in [1.807, 2.05) is 0 Å². The molecule has 0 spiro atoms. The maximum atomic E-state index is 2.55. The van der Waals surface area contributed by atoms with Crippen molar-refractivity contribution in [3.8, 4) is 33.4 Å². The van der Waals surface area contributed by atoms with Gasteiger partial charge in [-0.15, -0.1) is 0 Å². The van der Waals surface area contributed by atoms with Crippen molar-refractivity contribution < 1.29 is 0 Å². The van der Waals surface area contributed by atoms with E-state index < -0.39 is 0 Å². The Morgan fingerprint density at radius 1 is 0.481 bits per heavy atom. The molecule has 54 heavy (non-hydrogen) atoms. The van der Waals surface area contributed by atoms with Crippen molar-refractivity contribution in [1.29, 1.82) is 0 Å². The van der Waals surface area contributed by atoms with Crippen LogP contribution >= 0.6 is 0 Å². The minimum Gasteiger partial charge on any atom is -0.334 e. The van der Waals surface area contributed by atoms with Gasteiger partial charge in [0.1, 0.15) is 0 Å². The average Bonchev–Trinajstić information content (AvgIpc) is 3.23. The quantitative estimate of drug-likeness (QED) is 0.168. The number of nitrogens with zero attached hydrogens (tertiary/aromatic N) is 1. The average molecular weight is 692 g/mol. The van der Waals surface area contributed by atoms with E-state index in [0.717, 1.165) is 6.42 Å². The predicted octanol–water partition coefficient (Wildman–Crippen LogP) is 14.2. The molecular formula is C53H41N. The maximum Gasteiger partial charge on any atom is 0.0560 e. The summed E-state index contributed by atoms with van der Waals surface area (Å²) in [6.45, 7) is 4.79. The Balaban J connectivity index is 1.16. The molecule has 10 rings (SSSR count). The van der Waals surface area contributed by atoms with Crippen LogP contribution in [0.25, 0.3) is 60.5 Å². The number of allylic oxidation sites excluding steroid dienone is 2. The van der Waals surface area contributed by atoms with Crippen LogP contribution in [-0.4, -0.2) is 6.04 Å². The molecule has 2 aliphatic rings. The second kappa shape index (κ2) is 12.9. The summed E-state index contributed by atoms with van der Waals surface area (Å²) in [5.41, 5.74) is 15.1. The first-order chi connectivity index (χ1) is 26.5. The number of hydrogen-bond donors (Lipinski definition) is 0. The molecule has 1 unspecified atom stereocenters. The second-order valence-corrected chi connectivity index (χ2v) is 15.3. The highest BCUT2D eigenvalue weighted by Crippen LogP contribution is 2.53. The van der Waals surface area contributed by atoms with E-state index >= 15 is 0 Å². The van der Waals surface area contributed by atoms with Gasteiger partial charge in [-0.2, -0.15) is 0 Å². The monoisotopic (exact) mass is 691 g/mol. The van der Waals surface area contributed by atoms with Crippen LogP contribution in [-0.2, 0) is 5.41 Å². The van der Waals surface area contributed by atoms with Crippen molar-refractivity contribution >= 4 is 38.5 Å². The Labute approximate surface area is 318 Å². The van der Waals surface area contributed by atoms with Crippen LogP contribution in [0.1, 0.15) is 37.0 Å². The fourth-order valence-electron chi connectivity index (χ4n) is 8.98. The van der Waals surface area contributed by atoms with E-state index in [1.54, 1.807) is 0 Å². The Morgan fingerprint density at radius 3 is 1.89 bits per heavy atom. The van der Waals surface area contributed by atoms with Gasteiger partial charge in [-0.1, -0.05) is 178 Å². The minimum absolute atomic E-state index is 0.151. The molecule has 0 aromatic heterocycles. The van der Waals surface area contributed by atoms with Gasteiger partial charge in [-0.05, 0) is 114 Å². The van der Waals surface area contributed by atoms with Gasteiger partial charge in [-0.25, -0.2) is 0 Å². The van der Waals surface area contributed by atoms with Crippen molar-refractivity contribution in [2.24, 2.45) is 0 Å². The zero-order valence-corrected chi connectivity index (χ0v) is 30.7. The molecule has 1 nitrogen and oxygen atoms in total. The molecule has 1 atom stereocenters. The lowest BCUT2D eigenvalue weighted by Gasteiger charge is -2.38. The molecule has 0 saturated carbocycles. The molecular weight excluding hydrogens is 651 g/mol. The molecule has 258 valence electrons. The largest absolute Gasteiger partial charge is 0.334 e. The topological polar surface area (TPSA) is 3.24 Å². The summed E-state index contributed by atoms with van der Waals surface area (Å²) in [5, 5.41) is 5.18. The molecule has 0 radical (unpaired) electrons. The Kier molecular flexibility index (Phi) is 7.70. The lowest BCUT2D eigenvalue weighted by molar-refractivity contribution is 0.645. The highest BCUT2D eigenvalue weighted by molar-refractivity contribution is 6.10. The van der Waals surface area contributed by atoms with Gasteiger partial charge in [0.05, 0.1) is 6.04 Å². The summed E-state index contributed by atoms with van der Waals surface area (Å²) in [6.07, 6.45) is 8.02. The molecule has 0 N–H and O–H groups in total. The van der Waals surface area contributed by atoms with Gasteiger partial charge in [0.2, 0.25) is 0 Å². The third-order valence-electron chi connectivity index (χ3n) is 11.8. The summed E-state index contributed by atoms with van der Waals surface area (Å²) in [7, 11) is 0. The van der Waals surface area contributed by atoms with Gasteiger partial charge >= 0.3 is 0 Å². The normalized spacial score (nSPS) is 15.5. The molecule has 1 heteroatoms. The highest BCUT2D eigenvalue weighted by atomic mass is 15.2. The molecule has 0 fully saturated rings. The lowest BCUT2D eigenvalue weighted by Crippen LogP contribution is -2.31. The van der Waals surface area contributed by atoms with Crippen LogP contribution < -0.4 is 4.90 Å². The number of rotatable bonds is 6. The first kappa shape index (κ1) is 32.2. The van der Waals surface area contributed by atoms with Gasteiger partial charge in [-0.3, -0.25) is 0 Å². The smallest absolute Gasteiger partial charge is 0.0560 e. The van der Waals surface area contributed by atoms with Gasteiger partial charge in [0.15, 0.2) is 0 Å². The fourth-order valence-corrected chi connectivity index (χ4v) is 8.98. The number of fused-ring (bicyclic) bond motifs is 3. The summed E-state index contributed by atoms with van der Waals surface area (Å²) < 4.78 is 0. The number of anilines is 2. The van der Waals surface area contributed by atoms with Crippen LogP contribution in [0.3, 0.4) is 0 Å². The molecule has 8 aromatic carbocycles. The highest BCUT2D eigenvalue weighted by Gasteiger charge is 2.35. The zero-order chi connectivity index (χ0) is 36.2. The molecule has 8 aromatic rings. The van der Waals surface area contributed by atoms with E-state index in [2.05, 4.69) is 213 Å². The molecule has 0 aliphatic heterocycles. The van der Waals surface area contributed by atoms with Gasteiger partial charge < -0.3 is 4.90 Å². The van der Waals surface area contributed by atoms with Crippen LogP contribution in [0.4, 0.5) is 11.4 Å². The van der Waals surface area contributed by atoms with E-state index in [1.165, 1.54) is 88.6 Å². The zero-order valence-electron chi connectivity index (χ0n) is 30.7. The minimum atomic E-state index is -0.164. The van der Waals surface area contributed by atoms with Crippen LogP contribution in [0.15, 0.2) is 194 Å². The Hall–Kier alpha value is -6.44. The third-order valence-corrected chi connectivity index (χ3v) is 11.8. The SMILES string of the molecule is CC1(C)c2ccc(N(c3ccc(-c4ccccc4)cc3)C3C=CC(c4ccccc4)=CC3)cc2-c2c(-c3ccc4ccccc4c3)ccc3cccc1c23. The van der Waals surface area contributed by atoms with Crippen LogP contribution in [0, 0.1) is 0 Å². The second-order valence-electron chi connectivity index (χ2n) is 15.3. The lowest BCUT2D eigenvalue weighted by atomic mass is 9.67. The van der Waals surface area contributed by atoms with Gasteiger partial charge in [0.25, 0.3) is 0 Å². The van der Waals surface area contributed by atoms with E-state index in [0.29, 0.717) is 0 Å². The molecule has 2 aliphatic carbocycles. The third kappa shape index (κ3) is 5.39. The summed E-state index contributed by atoms with van der Waals surface area (Å²) in [4.78, 5) is 2.55. The maximum absolute atomic E-state index is 2.55. The van der Waals surface area contributed by atoms with Crippen molar-refractivity contribution in [1.82, 2.24) is 0 Å². The van der Waals surface area contributed by atoms with Crippen LogP contribution in [0.5, 0.6) is 0 Å². The van der Waals surface area contributed by atoms with Crippen molar-refractivity contribution in [2.75, 3.05) is 4.90 Å². The summed E-state index contributed by atoms with van der Waals surface area (Å²) in [5.74, 6) is 0. The number of hydrogen-bond acceptors (Lipinski definition) is 1. The van der Waals surface area contributed by atoms with Crippen molar-refractivity contribution in [2.45, 2.75) is 31.7 Å². The fraction of sp³-hybridized carbons (Fsp3) is 0.0943. The van der Waals surface area contributed by atoms with E-state index in [9.17, 15) is 0 Å². The van der Waals surface area contributed by atoms with E-state index in [-0.39, 0.29) is 11.5 Å². The molecule has 0 bridgehead atoms. The van der Waals surface area contributed by atoms with Gasteiger partial charge in [0, 0.05) is 16.8 Å². The first-order valence-electron chi connectivity index (χ1n) is 19.1. The van der Waals surface area contributed by atoms with Crippen molar-refractivity contribution in [3.05, 3.63) is 211 Å². The summed E-state index contributed by atoms with van der Waals surface area (Å²) in [6, 6.07) is 65.1. The van der Waals surface area contributed by atoms with Crippen LogP contribution in [0.2, 0.25) is 0 Å². The molecule has 0 saturated heterocycles. The van der Waals surface area contributed by atoms with Crippen molar-refractivity contribution in [3.63, 3.8) is 0 Å². The Morgan fingerprint density at radius 2 is 1.13 bits per heavy atom. The first-order valence-corrected chi connectivity index (χ1v) is 19.1. The molecule has 0 heterocycles. The van der Waals surface area contributed by atoms with E-state index in [4.69, 9.17) is 0 Å². The standard InChI is InChI=1S/C53H41N/c1-53(2)49-33-31-46(35-48(49)52-47(32-26-41-18-11-19-50(53)51(41)52)43-21-20-38-16-9-10-17-42(38)34-43)54(44-27-22-39(23-28-44)36-12-5-3-6-13-36)45-29-24-40(25-30-45)37-14-7-4-8-15-37/h3-29,31-35,45H,30H2,1-2H3. The molecule has 0 amide bonds. The number of benzene rings is 8.